The lowest BCUT2D eigenvalue weighted by Crippen LogP contribution is -2.35. The van der Waals surface area contributed by atoms with Gasteiger partial charge in [0.15, 0.2) is 0 Å². The van der Waals surface area contributed by atoms with Gasteiger partial charge in [-0.15, -0.1) is 0 Å². The average molecular weight is 304 g/mol. The summed E-state index contributed by atoms with van der Waals surface area (Å²) in [5, 5.41) is 3.12. The molecule has 0 aliphatic carbocycles. The third-order valence-electron chi connectivity index (χ3n) is 3.72. The number of benzene rings is 1. The van der Waals surface area contributed by atoms with Gasteiger partial charge in [0, 0.05) is 19.6 Å². The molecule has 1 heterocycles. The average Bonchev–Trinajstić information content (AvgIpc) is 2.45. The van der Waals surface area contributed by atoms with E-state index >= 15 is 0 Å². The molecule has 1 aromatic rings. The number of hydrogen-bond donors (Lipinski definition) is 1. The van der Waals surface area contributed by atoms with E-state index in [-0.39, 0.29) is 0 Å². The summed E-state index contributed by atoms with van der Waals surface area (Å²) in [5.74, 6) is -1.22. The van der Waals surface area contributed by atoms with Crippen molar-refractivity contribution < 1.29 is 17.6 Å². The van der Waals surface area contributed by atoms with Crippen LogP contribution < -0.4 is 5.32 Å². The van der Waals surface area contributed by atoms with Crippen LogP contribution in [0.4, 0.5) is 17.6 Å². The maximum atomic E-state index is 13.1. The summed E-state index contributed by atoms with van der Waals surface area (Å²) in [6, 6.07) is 3.15. The van der Waals surface area contributed by atoms with Crippen LogP contribution in [0.1, 0.15) is 30.4 Å². The first-order chi connectivity index (χ1) is 9.97. The van der Waals surface area contributed by atoms with Crippen LogP contribution >= 0.6 is 0 Å². The van der Waals surface area contributed by atoms with Crippen LogP contribution in [-0.2, 0) is 12.7 Å². The molecular weight excluding hydrogens is 284 g/mol. The second-order valence-corrected chi connectivity index (χ2v) is 5.39. The maximum Gasteiger partial charge on any atom is 0.419 e. The highest BCUT2D eigenvalue weighted by Crippen LogP contribution is 2.31. The van der Waals surface area contributed by atoms with E-state index in [1.807, 2.05) is 0 Å². The molecule has 1 N–H and O–H groups in total. The van der Waals surface area contributed by atoms with Crippen molar-refractivity contribution in [1.82, 2.24) is 10.2 Å². The Bertz CT molecular complexity index is 453. The van der Waals surface area contributed by atoms with Crippen molar-refractivity contribution in [1.29, 1.82) is 0 Å². The fourth-order valence-electron chi connectivity index (χ4n) is 2.55. The van der Waals surface area contributed by atoms with Crippen molar-refractivity contribution in [2.45, 2.75) is 32.0 Å². The number of nitrogens with zero attached hydrogens (tertiary/aromatic N) is 1. The van der Waals surface area contributed by atoms with Gasteiger partial charge in [0.2, 0.25) is 0 Å². The van der Waals surface area contributed by atoms with E-state index in [0.717, 1.165) is 38.3 Å². The first-order valence-electron chi connectivity index (χ1n) is 7.25. The van der Waals surface area contributed by atoms with Gasteiger partial charge in [-0.25, -0.2) is 4.39 Å². The number of piperidine rings is 1. The lowest BCUT2D eigenvalue weighted by atomic mass is 10.1. The molecule has 118 valence electrons. The molecule has 1 aliphatic heterocycles. The predicted octanol–water partition coefficient (Wildman–Crippen LogP) is 3.42. The van der Waals surface area contributed by atoms with Crippen molar-refractivity contribution in [3.05, 3.63) is 35.1 Å². The number of hydrogen-bond acceptors (Lipinski definition) is 2. The van der Waals surface area contributed by atoms with Crippen LogP contribution in [0, 0.1) is 5.82 Å². The van der Waals surface area contributed by atoms with E-state index < -0.39 is 17.6 Å². The zero-order valence-corrected chi connectivity index (χ0v) is 11.8. The molecule has 1 fully saturated rings. The molecule has 1 aromatic carbocycles. The molecule has 21 heavy (non-hydrogen) atoms. The molecule has 0 amide bonds. The molecule has 1 aliphatic rings. The summed E-state index contributed by atoms with van der Waals surface area (Å²) >= 11 is 0. The maximum absolute atomic E-state index is 13.1. The lowest BCUT2D eigenvalue weighted by molar-refractivity contribution is -0.140. The monoisotopic (exact) mass is 304 g/mol. The molecule has 2 nitrogen and oxygen atoms in total. The number of rotatable bonds is 5. The summed E-state index contributed by atoms with van der Waals surface area (Å²) in [6.07, 6.45) is -0.937. The van der Waals surface area contributed by atoms with Crippen LogP contribution in [0.5, 0.6) is 0 Å². The second kappa shape index (κ2) is 7.22. The van der Waals surface area contributed by atoms with Gasteiger partial charge in [0.25, 0.3) is 0 Å². The molecule has 1 saturated heterocycles. The van der Waals surface area contributed by atoms with Crippen molar-refractivity contribution >= 4 is 0 Å². The molecule has 0 aromatic heterocycles. The van der Waals surface area contributed by atoms with Crippen molar-refractivity contribution in [2.75, 3.05) is 26.2 Å². The quantitative estimate of drug-likeness (QED) is 0.662. The zero-order valence-electron chi connectivity index (χ0n) is 11.8. The largest absolute Gasteiger partial charge is 0.419 e. The Kier molecular flexibility index (Phi) is 5.58. The smallest absolute Gasteiger partial charge is 0.311 e. The fourth-order valence-corrected chi connectivity index (χ4v) is 2.55. The Morgan fingerprint density at radius 3 is 2.48 bits per heavy atom. The van der Waals surface area contributed by atoms with Gasteiger partial charge in [0.1, 0.15) is 5.82 Å². The third kappa shape index (κ3) is 4.97. The minimum absolute atomic E-state index is 0.317. The number of likely N-dealkylation sites (tertiary alicyclic amines) is 1. The van der Waals surface area contributed by atoms with Crippen molar-refractivity contribution in [3.63, 3.8) is 0 Å². The van der Waals surface area contributed by atoms with Gasteiger partial charge in [-0.1, -0.05) is 12.5 Å². The van der Waals surface area contributed by atoms with E-state index in [0.29, 0.717) is 12.1 Å². The van der Waals surface area contributed by atoms with Gasteiger partial charge in [-0.05, 0) is 43.6 Å². The zero-order chi connectivity index (χ0) is 15.3. The van der Waals surface area contributed by atoms with Gasteiger partial charge in [-0.3, -0.25) is 0 Å². The summed E-state index contributed by atoms with van der Waals surface area (Å²) in [7, 11) is 0. The standard InChI is InChI=1S/C15H20F4N2/c16-14-5-4-12(10-13(14)15(17,18)19)11-20-6-9-21-7-2-1-3-8-21/h4-5,10,20H,1-3,6-9,11H2. The normalized spacial score (nSPS) is 17.1. The minimum Gasteiger partial charge on any atom is -0.311 e. The summed E-state index contributed by atoms with van der Waals surface area (Å²) in [4.78, 5) is 2.35. The van der Waals surface area contributed by atoms with E-state index in [1.165, 1.54) is 25.3 Å². The Hall–Kier alpha value is -1.14. The molecule has 0 atom stereocenters. The van der Waals surface area contributed by atoms with Crippen LogP contribution in [0.2, 0.25) is 0 Å². The molecule has 0 radical (unpaired) electrons. The lowest BCUT2D eigenvalue weighted by Gasteiger charge is -2.26. The molecule has 6 heteroatoms. The molecule has 0 saturated carbocycles. The highest BCUT2D eigenvalue weighted by Gasteiger charge is 2.34. The Morgan fingerprint density at radius 2 is 1.81 bits per heavy atom. The van der Waals surface area contributed by atoms with E-state index in [9.17, 15) is 17.6 Å². The van der Waals surface area contributed by atoms with Crippen LogP contribution in [-0.4, -0.2) is 31.1 Å². The van der Waals surface area contributed by atoms with E-state index in [1.54, 1.807) is 0 Å². The SMILES string of the molecule is Fc1ccc(CNCCN2CCCCC2)cc1C(F)(F)F. The van der Waals surface area contributed by atoms with Crippen molar-refractivity contribution in [2.24, 2.45) is 0 Å². The second-order valence-electron chi connectivity index (χ2n) is 5.39. The van der Waals surface area contributed by atoms with Crippen LogP contribution in [0.15, 0.2) is 18.2 Å². The summed E-state index contributed by atoms with van der Waals surface area (Å²) in [6.45, 7) is 4.12. The van der Waals surface area contributed by atoms with E-state index in [4.69, 9.17) is 0 Å². The van der Waals surface area contributed by atoms with Crippen LogP contribution in [0.25, 0.3) is 0 Å². The third-order valence-corrected chi connectivity index (χ3v) is 3.72. The first-order valence-corrected chi connectivity index (χ1v) is 7.25. The predicted molar refractivity (Wildman–Crippen MR) is 73.4 cm³/mol. The minimum atomic E-state index is -4.64. The number of nitrogens with one attached hydrogen (secondary N) is 1. The first kappa shape index (κ1) is 16.2. The summed E-state index contributed by atoms with van der Waals surface area (Å²) in [5.41, 5.74) is -0.750. The summed E-state index contributed by atoms with van der Waals surface area (Å²) < 4.78 is 50.9. The van der Waals surface area contributed by atoms with E-state index in [2.05, 4.69) is 10.2 Å². The Labute approximate surface area is 122 Å². The van der Waals surface area contributed by atoms with Gasteiger partial charge < -0.3 is 10.2 Å². The highest BCUT2D eigenvalue weighted by molar-refractivity contribution is 5.27. The van der Waals surface area contributed by atoms with Gasteiger partial charge in [0.05, 0.1) is 5.56 Å². The molecular formula is C15H20F4N2. The molecule has 0 unspecified atom stereocenters. The Balaban J connectivity index is 1.80. The molecule has 2 rings (SSSR count). The highest BCUT2D eigenvalue weighted by atomic mass is 19.4. The van der Waals surface area contributed by atoms with Gasteiger partial charge >= 0.3 is 6.18 Å². The number of alkyl halides is 3. The van der Waals surface area contributed by atoms with Gasteiger partial charge in [-0.2, -0.15) is 13.2 Å². The molecule has 0 spiro atoms. The number of halogens is 4. The topological polar surface area (TPSA) is 15.3 Å². The van der Waals surface area contributed by atoms with Crippen LogP contribution in [0.3, 0.4) is 0 Å². The fraction of sp³-hybridized carbons (Fsp3) is 0.600. The molecule has 0 bridgehead atoms. The van der Waals surface area contributed by atoms with Crippen molar-refractivity contribution in [3.8, 4) is 0 Å². The Morgan fingerprint density at radius 1 is 1.10 bits per heavy atom.